The number of thiazole rings is 1. The number of hydrogen-bond donors (Lipinski definition) is 2. The lowest BCUT2D eigenvalue weighted by Gasteiger charge is -2.38. The van der Waals surface area contributed by atoms with Gasteiger partial charge in [0.2, 0.25) is 0 Å². The summed E-state index contributed by atoms with van der Waals surface area (Å²) < 4.78 is 60.7. The van der Waals surface area contributed by atoms with E-state index in [0.29, 0.717) is 35.9 Å². The molecule has 1 aliphatic heterocycles. The van der Waals surface area contributed by atoms with Crippen molar-refractivity contribution in [3.8, 4) is 17.2 Å². The number of rotatable bonds is 6. The van der Waals surface area contributed by atoms with Crippen LogP contribution in [-0.2, 0) is 24.2 Å². The molecular formula is C32H29F5N6O3S. The minimum atomic E-state index is -5.08. The highest BCUT2D eigenvalue weighted by atomic mass is 32.1. The molecule has 47 heavy (non-hydrogen) atoms. The number of amides is 1. The molecule has 4 aromatic rings. The molecule has 1 unspecified atom stereocenters. The van der Waals surface area contributed by atoms with Gasteiger partial charge >= 0.3 is 12.1 Å². The first-order chi connectivity index (χ1) is 22.3. The number of carboxylic acids is 1. The van der Waals surface area contributed by atoms with Crippen LogP contribution >= 0.6 is 11.3 Å². The van der Waals surface area contributed by atoms with E-state index in [0.717, 1.165) is 46.5 Å². The van der Waals surface area contributed by atoms with Crippen molar-refractivity contribution in [1.29, 1.82) is 5.26 Å². The number of nitriles is 1. The van der Waals surface area contributed by atoms with Crippen molar-refractivity contribution in [2.45, 2.75) is 56.8 Å². The highest BCUT2D eigenvalue weighted by Gasteiger charge is 2.38. The van der Waals surface area contributed by atoms with E-state index in [-0.39, 0.29) is 24.8 Å². The number of anilines is 1. The second-order valence-corrected chi connectivity index (χ2v) is 12.3. The summed E-state index contributed by atoms with van der Waals surface area (Å²) in [6, 6.07) is 17.2. The van der Waals surface area contributed by atoms with Crippen LogP contribution in [0.5, 0.6) is 0 Å². The second kappa shape index (κ2) is 14.0. The number of fused-ring (bicyclic) bond motifs is 1. The number of nitrogens with one attached hydrogen (secondary N) is 1. The SMILES string of the molecule is N#Cc1ccc(-c2cnn(Cc3cccc(C(=O)Nc4nc5c(s4)CC(N4CCC(F)(F)CC4)CC5)c3)c2)cc1.O=C(O)C(F)(F)F. The maximum atomic E-state index is 13.6. The Hall–Kier alpha value is -4.68. The average molecular weight is 673 g/mol. The Kier molecular flexibility index (Phi) is 10.0. The lowest BCUT2D eigenvalue weighted by molar-refractivity contribution is -0.192. The van der Waals surface area contributed by atoms with Crippen molar-refractivity contribution < 1.29 is 36.6 Å². The monoisotopic (exact) mass is 672 g/mol. The summed E-state index contributed by atoms with van der Waals surface area (Å²) in [7, 11) is 0. The predicted molar refractivity (Wildman–Crippen MR) is 163 cm³/mol. The van der Waals surface area contributed by atoms with Crippen LogP contribution < -0.4 is 5.32 Å². The number of aromatic nitrogens is 3. The van der Waals surface area contributed by atoms with Crippen molar-refractivity contribution in [3.63, 3.8) is 0 Å². The molecule has 0 spiro atoms. The van der Waals surface area contributed by atoms with E-state index in [4.69, 9.17) is 15.2 Å². The minimum absolute atomic E-state index is 0.0713. The Morgan fingerprint density at radius 1 is 1.11 bits per heavy atom. The van der Waals surface area contributed by atoms with Gasteiger partial charge in [-0.25, -0.2) is 18.6 Å². The van der Waals surface area contributed by atoms with Crippen LogP contribution in [0.1, 0.15) is 51.3 Å². The molecule has 2 aliphatic rings. The van der Waals surface area contributed by atoms with Crippen molar-refractivity contribution in [2.24, 2.45) is 0 Å². The average Bonchev–Trinajstić information content (AvgIpc) is 3.67. The highest BCUT2D eigenvalue weighted by molar-refractivity contribution is 7.15. The third-order valence-electron chi connectivity index (χ3n) is 7.94. The first-order valence-electron chi connectivity index (χ1n) is 14.6. The molecule has 2 N–H and O–H groups in total. The van der Waals surface area contributed by atoms with Gasteiger partial charge < -0.3 is 5.11 Å². The zero-order valence-electron chi connectivity index (χ0n) is 24.8. The van der Waals surface area contributed by atoms with Crippen LogP contribution in [0.25, 0.3) is 11.1 Å². The van der Waals surface area contributed by atoms with E-state index in [2.05, 4.69) is 26.4 Å². The summed E-state index contributed by atoms with van der Waals surface area (Å²) in [4.78, 5) is 30.0. The molecule has 2 aromatic carbocycles. The third-order valence-corrected chi connectivity index (χ3v) is 8.97. The molecule has 0 radical (unpaired) electrons. The van der Waals surface area contributed by atoms with Crippen molar-refractivity contribution in [2.75, 3.05) is 18.4 Å². The quantitative estimate of drug-likeness (QED) is 0.227. The molecular weight excluding hydrogens is 643 g/mol. The molecule has 1 aliphatic carbocycles. The fourth-order valence-corrected chi connectivity index (χ4v) is 6.52. The third kappa shape index (κ3) is 8.78. The van der Waals surface area contributed by atoms with Gasteiger partial charge in [0.25, 0.3) is 11.8 Å². The van der Waals surface area contributed by atoms with E-state index < -0.39 is 18.1 Å². The summed E-state index contributed by atoms with van der Waals surface area (Å²) >= 11 is 1.49. The Morgan fingerprint density at radius 2 is 1.81 bits per heavy atom. The van der Waals surface area contributed by atoms with Gasteiger partial charge in [-0.1, -0.05) is 24.3 Å². The van der Waals surface area contributed by atoms with Gasteiger partial charge in [0, 0.05) is 54.2 Å². The fourth-order valence-electron chi connectivity index (χ4n) is 5.44. The number of aliphatic carboxylic acids is 1. The van der Waals surface area contributed by atoms with Gasteiger partial charge in [0.15, 0.2) is 5.13 Å². The van der Waals surface area contributed by atoms with Gasteiger partial charge in [0.05, 0.1) is 30.1 Å². The topological polar surface area (TPSA) is 124 Å². The lowest BCUT2D eigenvalue weighted by atomic mass is 9.94. The van der Waals surface area contributed by atoms with Gasteiger partial charge in [-0.15, -0.1) is 11.3 Å². The number of benzene rings is 2. The molecule has 1 fully saturated rings. The van der Waals surface area contributed by atoms with Gasteiger partial charge in [-0.3, -0.25) is 19.7 Å². The summed E-state index contributed by atoms with van der Waals surface area (Å²) in [5.74, 6) is -5.52. The molecule has 3 heterocycles. The van der Waals surface area contributed by atoms with E-state index >= 15 is 0 Å². The molecule has 1 atom stereocenters. The van der Waals surface area contributed by atoms with Crippen LogP contribution in [0.4, 0.5) is 27.1 Å². The zero-order chi connectivity index (χ0) is 33.8. The van der Waals surface area contributed by atoms with E-state index in [1.807, 2.05) is 41.2 Å². The largest absolute Gasteiger partial charge is 0.490 e. The number of carbonyl (C=O) groups is 2. The van der Waals surface area contributed by atoms with Gasteiger partial charge in [0.1, 0.15) is 0 Å². The number of carbonyl (C=O) groups excluding carboxylic acids is 1. The Bertz CT molecular complexity index is 1770. The van der Waals surface area contributed by atoms with E-state index in [9.17, 15) is 26.7 Å². The first-order valence-corrected chi connectivity index (χ1v) is 15.4. The number of aryl methyl sites for hydroxylation is 1. The lowest BCUT2D eigenvalue weighted by Crippen LogP contribution is -2.46. The number of halogens is 5. The first kappa shape index (κ1) is 33.7. The number of likely N-dealkylation sites (tertiary alicyclic amines) is 1. The van der Waals surface area contributed by atoms with Crippen LogP contribution in [0.3, 0.4) is 0 Å². The van der Waals surface area contributed by atoms with Crippen molar-refractivity contribution in [1.82, 2.24) is 19.7 Å². The molecule has 1 amide bonds. The van der Waals surface area contributed by atoms with Crippen LogP contribution in [0.2, 0.25) is 0 Å². The number of alkyl halides is 5. The molecule has 246 valence electrons. The Balaban J connectivity index is 0.000000559. The fraction of sp³-hybridized carbons (Fsp3) is 0.344. The van der Waals surface area contributed by atoms with E-state index in [1.165, 1.54) is 11.3 Å². The molecule has 9 nitrogen and oxygen atoms in total. The zero-order valence-corrected chi connectivity index (χ0v) is 25.6. The van der Waals surface area contributed by atoms with Gasteiger partial charge in [-0.05, 0) is 54.7 Å². The van der Waals surface area contributed by atoms with Gasteiger partial charge in [-0.2, -0.15) is 23.5 Å². The Labute approximate surface area is 270 Å². The Morgan fingerprint density at radius 3 is 2.47 bits per heavy atom. The normalized spacial score (nSPS) is 17.5. The summed E-state index contributed by atoms with van der Waals surface area (Å²) in [5.41, 5.74) is 5.03. The van der Waals surface area contributed by atoms with E-state index in [1.54, 1.807) is 24.4 Å². The highest BCUT2D eigenvalue weighted by Crippen LogP contribution is 2.35. The number of carboxylic acid groups (broad SMARTS) is 1. The number of nitrogens with zero attached hydrogens (tertiary/aromatic N) is 5. The summed E-state index contributed by atoms with van der Waals surface area (Å²) in [6.07, 6.45) is 0.986. The molecule has 1 saturated heterocycles. The summed E-state index contributed by atoms with van der Waals surface area (Å²) in [6.45, 7) is 1.37. The second-order valence-electron chi connectivity index (χ2n) is 11.3. The number of hydrogen-bond acceptors (Lipinski definition) is 7. The molecule has 6 rings (SSSR count). The number of piperidine rings is 1. The van der Waals surface area contributed by atoms with Crippen LogP contribution in [0, 0.1) is 11.3 Å². The van der Waals surface area contributed by atoms with Crippen molar-refractivity contribution in [3.05, 3.63) is 88.2 Å². The molecule has 0 bridgehead atoms. The molecule has 15 heteroatoms. The minimum Gasteiger partial charge on any atom is -0.475 e. The van der Waals surface area contributed by atoms with Crippen LogP contribution in [0.15, 0.2) is 60.9 Å². The summed E-state index contributed by atoms with van der Waals surface area (Å²) in [5, 5.41) is 24.1. The maximum Gasteiger partial charge on any atom is 0.490 e. The molecule has 0 saturated carbocycles. The molecule has 2 aromatic heterocycles. The maximum absolute atomic E-state index is 13.6. The predicted octanol–water partition coefficient (Wildman–Crippen LogP) is 6.40. The van der Waals surface area contributed by atoms with Crippen molar-refractivity contribution >= 4 is 28.3 Å². The standard InChI is InChI=1S/C30H28F2N6OS.C2HF3O2/c31-30(32)10-12-37(13-11-30)25-8-9-26-27(15-25)40-29(35-26)36-28(39)23-3-1-2-21(14-23)18-38-19-24(17-34-38)22-6-4-20(16-33)5-7-22;3-2(4,5)1(6)7/h1-7,14,17,19,25H,8-13,15,18H2,(H,35,36,39);(H,6,7). The van der Waals surface area contributed by atoms with Crippen LogP contribution in [-0.4, -0.2) is 67.9 Å². The smallest absolute Gasteiger partial charge is 0.475 e.